The van der Waals surface area contributed by atoms with Crippen LogP contribution in [0.25, 0.3) is 0 Å². The van der Waals surface area contributed by atoms with Crippen LogP contribution in [0.2, 0.25) is 0 Å². The molecule has 0 radical (unpaired) electrons. The first-order valence-corrected chi connectivity index (χ1v) is 11.6. The number of carbonyl (C=O) groups is 2. The normalized spacial score (nSPS) is 24.6. The minimum absolute atomic E-state index is 0.0309. The molecular formula is C23H40N6O2. The van der Waals surface area contributed by atoms with Gasteiger partial charge in [0, 0.05) is 70.0 Å². The first-order valence-electron chi connectivity index (χ1n) is 11.6. The van der Waals surface area contributed by atoms with Crippen molar-refractivity contribution in [1.82, 2.24) is 29.8 Å². The summed E-state index contributed by atoms with van der Waals surface area (Å²) in [6.07, 6.45) is 3.94. The number of aromatic nitrogens is 2. The number of likely N-dealkylation sites (tertiary alicyclic amines) is 1. The Hall–Kier alpha value is -1.93. The minimum Gasteiger partial charge on any atom is -0.355 e. The summed E-state index contributed by atoms with van der Waals surface area (Å²) >= 11 is 0. The molecule has 0 aliphatic carbocycles. The van der Waals surface area contributed by atoms with Crippen molar-refractivity contribution in [2.24, 2.45) is 18.9 Å². The van der Waals surface area contributed by atoms with Crippen molar-refractivity contribution in [3.63, 3.8) is 0 Å². The number of rotatable bonds is 7. The Kier molecular flexibility index (Phi) is 7.42. The number of piperazine rings is 1. The third-order valence-corrected chi connectivity index (χ3v) is 6.56. The van der Waals surface area contributed by atoms with E-state index < -0.39 is 5.92 Å². The molecule has 31 heavy (non-hydrogen) atoms. The zero-order chi connectivity index (χ0) is 22.8. The van der Waals surface area contributed by atoms with Gasteiger partial charge in [-0.1, -0.05) is 13.8 Å². The van der Waals surface area contributed by atoms with Gasteiger partial charge in [0.1, 0.15) is 0 Å². The van der Waals surface area contributed by atoms with E-state index in [-0.39, 0.29) is 29.8 Å². The van der Waals surface area contributed by atoms with E-state index >= 15 is 0 Å². The number of hydrogen-bond acceptors (Lipinski definition) is 5. The Morgan fingerprint density at radius 1 is 1.23 bits per heavy atom. The van der Waals surface area contributed by atoms with Crippen molar-refractivity contribution in [3.8, 4) is 0 Å². The molecular weight excluding hydrogens is 392 g/mol. The van der Waals surface area contributed by atoms with Gasteiger partial charge < -0.3 is 20.0 Å². The third-order valence-electron chi connectivity index (χ3n) is 6.56. The van der Waals surface area contributed by atoms with Crippen molar-refractivity contribution in [2.75, 3.05) is 45.8 Å². The molecule has 2 aliphatic heterocycles. The van der Waals surface area contributed by atoms with Crippen LogP contribution in [0.1, 0.15) is 52.6 Å². The predicted molar refractivity (Wildman–Crippen MR) is 121 cm³/mol. The maximum Gasteiger partial charge on any atom is 0.226 e. The first-order chi connectivity index (χ1) is 14.6. The van der Waals surface area contributed by atoms with Crippen LogP contribution in [0.4, 0.5) is 0 Å². The fourth-order valence-corrected chi connectivity index (χ4v) is 4.93. The van der Waals surface area contributed by atoms with Crippen LogP contribution in [0.3, 0.4) is 0 Å². The van der Waals surface area contributed by atoms with E-state index in [1.165, 1.54) is 0 Å². The van der Waals surface area contributed by atoms with Crippen LogP contribution < -0.4 is 5.32 Å². The van der Waals surface area contributed by atoms with Crippen LogP contribution in [-0.4, -0.2) is 87.6 Å². The molecule has 3 atom stereocenters. The molecule has 8 nitrogen and oxygen atoms in total. The van der Waals surface area contributed by atoms with Gasteiger partial charge in [-0.05, 0) is 33.2 Å². The predicted octanol–water partition coefficient (Wildman–Crippen LogP) is 1.50. The number of hydrogen-bond donors (Lipinski definition) is 1. The molecule has 8 heteroatoms. The number of amides is 2. The molecule has 3 heterocycles. The average molecular weight is 433 g/mol. The quantitative estimate of drug-likeness (QED) is 0.707. The van der Waals surface area contributed by atoms with Gasteiger partial charge >= 0.3 is 0 Å². The molecule has 2 fully saturated rings. The summed E-state index contributed by atoms with van der Waals surface area (Å²) in [5, 5.41) is 7.44. The van der Waals surface area contributed by atoms with Gasteiger partial charge in [0.15, 0.2) is 0 Å². The maximum atomic E-state index is 13.2. The summed E-state index contributed by atoms with van der Waals surface area (Å²) in [6, 6.07) is -0.279. The van der Waals surface area contributed by atoms with Gasteiger partial charge in [0.25, 0.3) is 0 Å². The highest BCUT2D eigenvalue weighted by molar-refractivity contribution is 5.90. The fourth-order valence-electron chi connectivity index (χ4n) is 4.93. The Morgan fingerprint density at radius 3 is 2.42 bits per heavy atom. The Morgan fingerprint density at radius 2 is 1.87 bits per heavy atom. The summed E-state index contributed by atoms with van der Waals surface area (Å²) < 4.78 is 1.73. The van der Waals surface area contributed by atoms with Gasteiger partial charge in [-0.2, -0.15) is 5.10 Å². The van der Waals surface area contributed by atoms with Crippen LogP contribution in [-0.2, 0) is 16.6 Å². The van der Waals surface area contributed by atoms with E-state index in [0.29, 0.717) is 12.5 Å². The lowest BCUT2D eigenvalue weighted by Gasteiger charge is -2.38. The number of nitrogens with one attached hydrogen (secondary N) is 1. The third kappa shape index (κ3) is 5.66. The summed E-state index contributed by atoms with van der Waals surface area (Å²) in [7, 11) is 1.86. The monoisotopic (exact) mass is 432 g/mol. The lowest BCUT2D eigenvalue weighted by atomic mass is 9.92. The zero-order valence-corrected chi connectivity index (χ0v) is 20.1. The highest BCUT2D eigenvalue weighted by Crippen LogP contribution is 2.42. The van der Waals surface area contributed by atoms with Gasteiger partial charge in [0.05, 0.1) is 18.2 Å². The highest BCUT2D eigenvalue weighted by Gasteiger charge is 2.48. The number of aryl methyl sites for hydroxylation is 1. The highest BCUT2D eigenvalue weighted by atomic mass is 16.2. The lowest BCUT2D eigenvalue weighted by Crippen LogP contribution is -2.48. The molecule has 1 aromatic heterocycles. The summed E-state index contributed by atoms with van der Waals surface area (Å²) in [4.78, 5) is 32.9. The molecule has 2 amide bonds. The fraction of sp³-hybridized carbons (Fsp3) is 0.783. The molecule has 0 aromatic carbocycles. The summed E-state index contributed by atoms with van der Waals surface area (Å²) in [5.74, 6) is -0.0269. The van der Waals surface area contributed by atoms with Gasteiger partial charge in [-0.3, -0.25) is 14.3 Å². The molecule has 0 spiro atoms. The SMILES string of the molecule is CCN1CCN(CC(C)CNC(=O)C2CC(=O)N(C(C)(C)C)C2c2cnn(C)c2)CC1. The van der Waals surface area contributed by atoms with Crippen molar-refractivity contribution in [1.29, 1.82) is 0 Å². The Bertz CT molecular complexity index is 762. The lowest BCUT2D eigenvalue weighted by molar-refractivity contribution is -0.133. The molecule has 1 aromatic rings. The van der Waals surface area contributed by atoms with E-state index in [4.69, 9.17) is 0 Å². The smallest absolute Gasteiger partial charge is 0.226 e. The van der Waals surface area contributed by atoms with E-state index in [1.54, 1.807) is 10.9 Å². The van der Waals surface area contributed by atoms with E-state index in [9.17, 15) is 9.59 Å². The second-order valence-corrected chi connectivity index (χ2v) is 10.2. The molecule has 0 saturated carbocycles. The topological polar surface area (TPSA) is 73.7 Å². The van der Waals surface area contributed by atoms with Crippen molar-refractivity contribution in [3.05, 3.63) is 18.0 Å². The number of carbonyl (C=O) groups excluding carboxylic acids is 2. The largest absolute Gasteiger partial charge is 0.355 e. The minimum atomic E-state index is -0.392. The molecule has 0 bridgehead atoms. The number of likely N-dealkylation sites (N-methyl/N-ethyl adjacent to an activating group) is 1. The van der Waals surface area contributed by atoms with Gasteiger partial charge in [-0.25, -0.2) is 0 Å². The second kappa shape index (κ2) is 9.69. The molecule has 3 unspecified atom stereocenters. The first kappa shape index (κ1) is 23.7. The van der Waals surface area contributed by atoms with Crippen LogP contribution in [0.15, 0.2) is 12.4 Å². The molecule has 1 N–H and O–H groups in total. The molecule has 174 valence electrons. The Balaban J connectivity index is 1.61. The zero-order valence-electron chi connectivity index (χ0n) is 20.1. The van der Waals surface area contributed by atoms with Crippen molar-refractivity contribution >= 4 is 11.8 Å². The molecule has 2 saturated heterocycles. The maximum absolute atomic E-state index is 13.2. The van der Waals surface area contributed by atoms with Crippen LogP contribution in [0, 0.1) is 11.8 Å². The molecule has 3 rings (SSSR count). The average Bonchev–Trinajstić information content (AvgIpc) is 3.29. The van der Waals surface area contributed by atoms with Gasteiger partial charge in [0.2, 0.25) is 11.8 Å². The van der Waals surface area contributed by atoms with Crippen molar-refractivity contribution < 1.29 is 9.59 Å². The standard InChI is InChI=1S/C23H40N6O2/c1-7-27-8-10-28(11-9-27)15-17(2)13-24-22(31)19-12-20(30)29(23(3,4)5)21(19)18-14-25-26(6)16-18/h14,16-17,19,21H,7-13,15H2,1-6H3,(H,24,31). The summed E-state index contributed by atoms with van der Waals surface area (Å²) in [5.41, 5.74) is 0.561. The van der Waals surface area contributed by atoms with E-state index in [1.807, 2.05) is 38.9 Å². The number of nitrogens with zero attached hydrogens (tertiary/aromatic N) is 5. The van der Waals surface area contributed by atoms with Gasteiger partial charge in [-0.15, -0.1) is 0 Å². The van der Waals surface area contributed by atoms with Crippen LogP contribution in [0.5, 0.6) is 0 Å². The van der Waals surface area contributed by atoms with Crippen molar-refractivity contribution in [2.45, 2.75) is 52.6 Å². The Labute approximate surface area is 186 Å². The van der Waals surface area contributed by atoms with E-state index in [0.717, 1.165) is 44.8 Å². The second-order valence-electron chi connectivity index (χ2n) is 10.2. The van der Waals surface area contributed by atoms with E-state index in [2.05, 4.69) is 34.1 Å². The molecule has 2 aliphatic rings. The summed E-state index contributed by atoms with van der Waals surface area (Å²) in [6.45, 7) is 17.6. The van der Waals surface area contributed by atoms with Crippen LogP contribution >= 0.6 is 0 Å².